The van der Waals surface area contributed by atoms with Crippen molar-refractivity contribution in [1.29, 1.82) is 0 Å². The Labute approximate surface area is 144 Å². The monoisotopic (exact) mass is 344 g/mol. The fourth-order valence-electron chi connectivity index (χ4n) is 2.64. The Kier molecular flexibility index (Phi) is 6.56. The van der Waals surface area contributed by atoms with Gasteiger partial charge in [0.25, 0.3) is 0 Å². The maximum Gasteiger partial charge on any atom is 0.410 e. The van der Waals surface area contributed by atoms with Gasteiger partial charge < -0.3 is 9.64 Å². The second-order valence-corrected chi connectivity index (χ2v) is 7.11. The molecule has 0 radical (unpaired) electrons. The predicted octanol–water partition coefficient (Wildman–Crippen LogP) is 3.96. The lowest BCUT2D eigenvalue weighted by molar-refractivity contribution is 0.0288. The molecule has 2 rings (SSSR count). The SMILES string of the molecule is Cc1cc(C[C@H]2CCN(C(=O)OC(C)(C)C)C2)cc(Cl)n1.S. The molecular weight excluding hydrogens is 320 g/mol. The van der Waals surface area contributed by atoms with Crippen molar-refractivity contribution >= 4 is 31.2 Å². The Bertz CT molecular complexity index is 511. The molecule has 0 aromatic carbocycles. The maximum absolute atomic E-state index is 12.0. The highest BCUT2D eigenvalue weighted by molar-refractivity contribution is 7.59. The Hall–Kier alpha value is -0.940. The lowest BCUT2D eigenvalue weighted by Gasteiger charge is -2.24. The number of rotatable bonds is 2. The summed E-state index contributed by atoms with van der Waals surface area (Å²) in [6, 6.07) is 3.96. The number of carbonyl (C=O) groups excluding carboxylic acids is 1. The van der Waals surface area contributed by atoms with Crippen LogP contribution in [0, 0.1) is 12.8 Å². The zero-order valence-corrected chi connectivity index (χ0v) is 15.4. The van der Waals surface area contributed by atoms with E-state index in [0.29, 0.717) is 11.1 Å². The molecule has 0 spiro atoms. The number of hydrogen-bond donors (Lipinski definition) is 0. The molecule has 1 aliphatic rings. The molecule has 124 valence electrons. The van der Waals surface area contributed by atoms with Crippen LogP contribution in [0.1, 0.15) is 38.4 Å². The molecule has 1 amide bonds. The van der Waals surface area contributed by atoms with Gasteiger partial charge in [0.2, 0.25) is 0 Å². The average molecular weight is 345 g/mol. The van der Waals surface area contributed by atoms with Gasteiger partial charge in [-0.1, -0.05) is 11.6 Å². The van der Waals surface area contributed by atoms with Crippen LogP contribution in [0.15, 0.2) is 12.1 Å². The number of aryl methyl sites for hydroxylation is 1. The largest absolute Gasteiger partial charge is 0.444 e. The molecule has 2 heterocycles. The van der Waals surface area contributed by atoms with Gasteiger partial charge in [-0.15, -0.1) is 0 Å². The average Bonchev–Trinajstić information content (AvgIpc) is 2.73. The van der Waals surface area contributed by atoms with Gasteiger partial charge >= 0.3 is 6.09 Å². The van der Waals surface area contributed by atoms with E-state index >= 15 is 0 Å². The lowest BCUT2D eigenvalue weighted by atomic mass is 9.99. The van der Waals surface area contributed by atoms with Gasteiger partial charge in [0.15, 0.2) is 0 Å². The first-order valence-corrected chi connectivity index (χ1v) is 7.72. The first kappa shape index (κ1) is 19.1. The highest BCUT2D eigenvalue weighted by atomic mass is 35.5. The number of likely N-dealkylation sites (tertiary alicyclic amines) is 1. The molecule has 0 bridgehead atoms. The molecule has 1 aliphatic heterocycles. The van der Waals surface area contributed by atoms with Gasteiger partial charge in [0.1, 0.15) is 10.8 Å². The van der Waals surface area contributed by atoms with Crippen LogP contribution in [-0.2, 0) is 11.2 Å². The summed E-state index contributed by atoms with van der Waals surface area (Å²) in [6.07, 6.45) is 1.70. The minimum Gasteiger partial charge on any atom is -0.444 e. The van der Waals surface area contributed by atoms with Crippen LogP contribution in [-0.4, -0.2) is 34.7 Å². The molecule has 1 aromatic rings. The summed E-state index contributed by atoms with van der Waals surface area (Å²) in [5.74, 6) is 0.454. The number of halogens is 1. The molecular formula is C16H25ClN2O2S. The van der Waals surface area contributed by atoms with E-state index in [9.17, 15) is 4.79 Å². The fourth-order valence-corrected chi connectivity index (χ4v) is 2.91. The maximum atomic E-state index is 12.0. The number of amides is 1. The standard InChI is InChI=1S/C16H23ClN2O2.H2S/c1-11-7-13(9-14(17)18-11)8-12-5-6-19(10-12)15(20)21-16(2,3)4;/h7,9,12H,5-6,8,10H2,1-4H3;1H2/t12-;/m1./s1. The van der Waals surface area contributed by atoms with Crippen LogP contribution in [0.5, 0.6) is 0 Å². The molecule has 0 saturated carbocycles. The summed E-state index contributed by atoms with van der Waals surface area (Å²) in [5, 5.41) is 0.534. The number of ether oxygens (including phenoxy) is 1. The van der Waals surface area contributed by atoms with Crippen LogP contribution in [0.4, 0.5) is 4.79 Å². The third kappa shape index (κ3) is 5.69. The minimum absolute atomic E-state index is 0. The summed E-state index contributed by atoms with van der Waals surface area (Å²) in [5.41, 5.74) is 1.67. The summed E-state index contributed by atoms with van der Waals surface area (Å²) < 4.78 is 5.41. The predicted molar refractivity (Wildman–Crippen MR) is 94.0 cm³/mol. The Morgan fingerprint density at radius 3 is 2.73 bits per heavy atom. The van der Waals surface area contributed by atoms with Crippen LogP contribution in [0.25, 0.3) is 0 Å². The Morgan fingerprint density at radius 2 is 2.14 bits per heavy atom. The first-order chi connectivity index (χ1) is 9.73. The summed E-state index contributed by atoms with van der Waals surface area (Å²) in [7, 11) is 0. The number of nitrogens with zero attached hydrogens (tertiary/aromatic N) is 2. The van der Waals surface area contributed by atoms with E-state index in [1.807, 2.05) is 33.8 Å². The second-order valence-electron chi connectivity index (χ2n) is 6.72. The quantitative estimate of drug-likeness (QED) is 0.763. The van der Waals surface area contributed by atoms with E-state index in [4.69, 9.17) is 16.3 Å². The summed E-state index contributed by atoms with van der Waals surface area (Å²) in [4.78, 5) is 18.0. The van der Waals surface area contributed by atoms with E-state index in [0.717, 1.165) is 31.6 Å². The molecule has 6 heteroatoms. The number of pyridine rings is 1. The molecule has 0 unspecified atom stereocenters. The van der Waals surface area contributed by atoms with Gasteiger partial charge in [0, 0.05) is 18.8 Å². The Balaban J connectivity index is 0.00000242. The second kappa shape index (κ2) is 7.55. The third-order valence-corrected chi connectivity index (χ3v) is 3.64. The van der Waals surface area contributed by atoms with Gasteiger partial charge in [-0.3, -0.25) is 0 Å². The Morgan fingerprint density at radius 1 is 1.45 bits per heavy atom. The van der Waals surface area contributed by atoms with Crippen LogP contribution >= 0.6 is 25.1 Å². The van der Waals surface area contributed by atoms with Crippen LogP contribution in [0.2, 0.25) is 5.15 Å². The third-order valence-electron chi connectivity index (χ3n) is 3.44. The smallest absolute Gasteiger partial charge is 0.410 e. The molecule has 1 aromatic heterocycles. The zero-order chi connectivity index (χ0) is 15.6. The summed E-state index contributed by atoms with van der Waals surface area (Å²) >= 11 is 5.99. The van der Waals surface area contributed by atoms with Crippen molar-refractivity contribution in [1.82, 2.24) is 9.88 Å². The van der Waals surface area contributed by atoms with E-state index in [-0.39, 0.29) is 19.6 Å². The molecule has 1 saturated heterocycles. The van der Waals surface area contributed by atoms with Crippen molar-refractivity contribution in [2.24, 2.45) is 5.92 Å². The van der Waals surface area contributed by atoms with Crippen molar-refractivity contribution in [2.75, 3.05) is 13.1 Å². The number of carbonyl (C=O) groups is 1. The van der Waals surface area contributed by atoms with Crippen molar-refractivity contribution < 1.29 is 9.53 Å². The zero-order valence-electron chi connectivity index (χ0n) is 13.6. The van der Waals surface area contributed by atoms with Gasteiger partial charge in [0.05, 0.1) is 0 Å². The van der Waals surface area contributed by atoms with Crippen molar-refractivity contribution in [3.8, 4) is 0 Å². The topological polar surface area (TPSA) is 42.4 Å². The van der Waals surface area contributed by atoms with Gasteiger partial charge in [-0.2, -0.15) is 13.5 Å². The normalized spacial score (nSPS) is 18.0. The molecule has 0 N–H and O–H groups in total. The van der Waals surface area contributed by atoms with Crippen molar-refractivity contribution in [3.63, 3.8) is 0 Å². The molecule has 4 nitrogen and oxygen atoms in total. The molecule has 1 fully saturated rings. The van der Waals surface area contributed by atoms with E-state index in [1.54, 1.807) is 4.90 Å². The minimum atomic E-state index is -0.440. The van der Waals surface area contributed by atoms with Gasteiger partial charge in [-0.25, -0.2) is 9.78 Å². The van der Waals surface area contributed by atoms with E-state index in [1.165, 1.54) is 5.56 Å². The molecule has 1 atom stereocenters. The molecule has 22 heavy (non-hydrogen) atoms. The highest BCUT2D eigenvalue weighted by Crippen LogP contribution is 2.24. The van der Waals surface area contributed by atoms with Crippen molar-refractivity contribution in [3.05, 3.63) is 28.5 Å². The van der Waals surface area contributed by atoms with E-state index in [2.05, 4.69) is 11.1 Å². The van der Waals surface area contributed by atoms with E-state index < -0.39 is 5.60 Å². The lowest BCUT2D eigenvalue weighted by Crippen LogP contribution is -2.35. The van der Waals surface area contributed by atoms with Crippen molar-refractivity contribution in [2.45, 2.75) is 46.1 Å². The van der Waals surface area contributed by atoms with Crippen LogP contribution < -0.4 is 0 Å². The molecule has 0 aliphatic carbocycles. The van der Waals surface area contributed by atoms with Gasteiger partial charge in [-0.05, 0) is 64.2 Å². The van der Waals surface area contributed by atoms with Crippen LogP contribution in [0.3, 0.4) is 0 Å². The fraction of sp³-hybridized carbons (Fsp3) is 0.625. The number of aromatic nitrogens is 1. The highest BCUT2D eigenvalue weighted by Gasteiger charge is 2.29. The first-order valence-electron chi connectivity index (χ1n) is 7.34. The summed E-state index contributed by atoms with van der Waals surface area (Å²) in [6.45, 7) is 9.11. The number of hydrogen-bond acceptors (Lipinski definition) is 3.